The molecule has 1 saturated carbocycles. The van der Waals surface area contributed by atoms with Gasteiger partial charge in [-0.05, 0) is 32.1 Å². The Morgan fingerprint density at radius 1 is 1.43 bits per heavy atom. The highest BCUT2D eigenvalue weighted by atomic mass is 32.1. The molecule has 6 heteroatoms. The summed E-state index contributed by atoms with van der Waals surface area (Å²) >= 11 is 1.68. The average Bonchev–Trinajstić information content (AvgIpc) is 2.99. The minimum absolute atomic E-state index is 0.00377. The molecule has 1 N–H and O–H groups in total. The number of carbonyl (C=O) groups excluding carboxylic acids is 1. The third-order valence-corrected chi connectivity index (χ3v) is 6.37. The lowest BCUT2D eigenvalue weighted by atomic mass is 9.66. The van der Waals surface area contributed by atoms with E-state index in [0.29, 0.717) is 25.3 Å². The van der Waals surface area contributed by atoms with Crippen LogP contribution in [0.5, 0.6) is 0 Å². The van der Waals surface area contributed by atoms with E-state index in [0.717, 1.165) is 42.9 Å². The van der Waals surface area contributed by atoms with Crippen molar-refractivity contribution in [1.29, 1.82) is 0 Å². The standard InChI is InChI=1S/C17H24N2O3S/c1-2-13-11-23-15(18-13)12-5-3-8-19(10-12)14(20)9-17(16(21)22)6-4-7-17/h11-12H,2-10H2,1H3,(H,21,22). The number of carboxylic acids is 1. The number of carbonyl (C=O) groups is 2. The molecule has 1 aliphatic heterocycles. The van der Waals surface area contributed by atoms with Gasteiger partial charge in [0.25, 0.3) is 0 Å². The molecule has 3 rings (SSSR count). The number of piperidine rings is 1. The Bertz CT molecular complexity index is 594. The molecule has 2 heterocycles. The van der Waals surface area contributed by atoms with Crippen LogP contribution in [0.4, 0.5) is 0 Å². The van der Waals surface area contributed by atoms with Crippen molar-refractivity contribution in [2.45, 2.75) is 57.8 Å². The van der Waals surface area contributed by atoms with Gasteiger partial charge in [0.05, 0.1) is 16.1 Å². The van der Waals surface area contributed by atoms with E-state index in [1.165, 1.54) is 0 Å². The Hall–Kier alpha value is -1.43. The summed E-state index contributed by atoms with van der Waals surface area (Å²) in [7, 11) is 0. The van der Waals surface area contributed by atoms with Gasteiger partial charge in [0.15, 0.2) is 0 Å². The number of aryl methyl sites for hydroxylation is 1. The molecule has 2 aliphatic rings. The van der Waals surface area contributed by atoms with Gasteiger partial charge in [0.1, 0.15) is 0 Å². The number of aliphatic carboxylic acids is 1. The van der Waals surface area contributed by atoms with Crippen LogP contribution in [-0.4, -0.2) is 40.0 Å². The number of nitrogens with zero attached hydrogens (tertiary/aromatic N) is 2. The molecule has 1 aromatic rings. The monoisotopic (exact) mass is 336 g/mol. The number of rotatable bonds is 5. The Morgan fingerprint density at radius 2 is 2.22 bits per heavy atom. The first kappa shape index (κ1) is 16.4. The van der Waals surface area contributed by atoms with Crippen molar-refractivity contribution >= 4 is 23.2 Å². The maximum atomic E-state index is 12.6. The van der Waals surface area contributed by atoms with Crippen LogP contribution in [0.2, 0.25) is 0 Å². The molecule has 0 aromatic carbocycles. The van der Waals surface area contributed by atoms with Crippen molar-refractivity contribution in [2.75, 3.05) is 13.1 Å². The predicted molar refractivity (Wildman–Crippen MR) is 88.6 cm³/mol. The Kier molecular flexibility index (Phi) is 4.71. The normalized spacial score (nSPS) is 23.3. The molecule has 1 atom stereocenters. The van der Waals surface area contributed by atoms with Gasteiger partial charge < -0.3 is 10.0 Å². The summed E-state index contributed by atoms with van der Waals surface area (Å²) in [5.74, 6) is -0.498. The fourth-order valence-electron chi connectivity index (χ4n) is 3.55. The van der Waals surface area contributed by atoms with Crippen molar-refractivity contribution in [1.82, 2.24) is 9.88 Å². The van der Waals surface area contributed by atoms with Crippen molar-refractivity contribution in [2.24, 2.45) is 5.41 Å². The van der Waals surface area contributed by atoms with E-state index >= 15 is 0 Å². The van der Waals surface area contributed by atoms with Gasteiger partial charge in [-0.1, -0.05) is 13.3 Å². The fraction of sp³-hybridized carbons (Fsp3) is 0.706. The molecule has 23 heavy (non-hydrogen) atoms. The van der Waals surface area contributed by atoms with Gasteiger partial charge in [-0.3, -0.25) is 9.59 Å². The summed E-state index contributed by atoms with van der Waals surface area (Å²) in [5.41, 5.74) is 0.327. The summed E-state index contributed by atoms with van der Waals surface area (Å²) < 4.78 is 0. The predicted octanol–water partition coefficient (Wildman–Crippen LogP) is 3.06. The van der Waals surface area contributed by atoms with Crippen molar-refractivity contribution in [3.63, 3.8) is 0 Å². The lowest BCUT2D eigenvalue weighted by molar-refractivity contribution is -0.159. The highest BCUT2D eigenvalue weighted by Crippen LogP contribution is 2.45. The summed E-state index contributed by atoms with van der Waals surface area (Å²) in [5, 5.41) is 12.6. The lowest BCUT2D eigenvalue weighted by Gasteiger charge is -2.40. The van der Waals surface area contributed by atoms with Crippen LogP contribution in [0.3, 0.4) is 0 Å². The summed E-state index contributed by atoms with van der Waals surface area (Å²) in [6.07, 6.45) is 5.32. The van der Waals surface area contributed by atoms with Crippen LogP contribution in [0.15, 0.2) is 5.38 Å². The number of thiazole rings is 1. The van der Waals surface area contributed by atoms with Crippen LogP contribution in [0.25, 0.3) is 0 Å². The third-order valence-electron chi connectivity index (χ3n) is 5.31. The van der Waals surface area contributed by atoms with Gasteiger partial charge in [-0.25, -0.2) is 4.98 Å². The topological polar surface area (TPSA) is 70.5 Å². The molecule has 0 bridgehead atoms. The van der Waals surface area contributed by atoms with Crippen LogP contribution >= 0.6 is 11.3 Å². The maximum absolute atomic E-state index is 12.6. The van der Waals surface area contributed by atoms with E-state index in [2.05, 4.69) is 17.3 Å². The summed E-state index contributed by atoms with van der Waals surface area (Å²) in [6.45, 7) is 3.53. The molecular formula is C17H24N2O3S. The van der Waals surface area contributed by atoms with Crippen LogP contribution in [-0.2, 0) is 16.0 Å². The zero-order valence-corrected chi connectivity index (χ0v) is 14.4. The Labute approximate surface area is 140 Å². The van der Waals surface area contributed by atoms with E-state index in [4.69, 9.17) is 0 Å². The second kappa shape index (κ2) is 6.59. The molecule has 2 fully saturated rings. The molecule has 1 unspecified atom stereocenters. The number of amides is 1. The highest BCUT2D eigenvalue weighted by Gasteiger charge is 2.46. The highest BCUT2D eigenvalue weighted by molar-refractivity contribution is 7.09. The molecule has 1 aliphatic carbocycles. The number of carboxylic acid groups (broad SMARTS) is 1. The molecule has 0 radical (unpaired) electrons. The minimum Gasteiger partial charge on any atom is -0.481 e. The largest absolute Gasteiger partial charge is 0.481 e. The second-order valence-electron chi connectivity index (χ2n) is 6.83. The number of aromatic nitrogens is 1. The lowest BCUT2D eigenvalue weighted by Crippen LogP contribution is -2.46. The number of hydrogen-bond donors (Lipinski definition) is 1. The minimum atomic E-state index is -0.807. The molecule has 1 aromatic heterocycles. The smallest absolute Gasteiger partial charge is 0.310 e. The Morgan fingerprint density at radius 3 is 2.78 bits per heavy atom. The van der Waals surface area contributed by atoms with E-state index < -0.39 is 11.4 Å². The first-order valence-corrected chi connectivity index (χ1v) is 9.37. The molecule has 1 saturated heterocycles. The number of likely N-dealkylation sites (tertiary alicyclic amines) is 1. The average molecular weight is 336 g/mol. The zero-order valence-electron chi connectivity index (χ0n) is 13.6. The van der Waals surface area contributed by atoms with Crippen LogP contribution < -0.4 is 0 Å². The number of hydrogen-bond acceptors (Lipinski definition) is 4. The van der Waals surface area contributed by atoms with E-state index in [1.807, 2.05) is 4.90 Å². The van der Waals surface area contributed by atoms with Gasteiger partial charge >= 0.3 is 5.97 Å². The van der Waals surface area contributed by atoms with Crippen LogP contribution in [0.1, 0.15) is 62.1 Å². The van der Waals surface area contributed by atoms with Gasteiger partial charge in [-0.15, -0.1) is 11.3 Å². The second-order valence-corrected chi connectivity index (χ2v) is 7.72. The summed E-state index contributed by atoms with van der Waals surface area (Å²) in [4.78, 5) is 30.6. The zero-order chi connectivity index (χ0) is 16.4. The van der Waals surface area contributed by atoms with Crippen molar-refractivity contribution in [3.05, 3.63) is 16.1 Å². The molecular weight excluding hydrogens is 312 g/mol. The first-order valence-electron chi connectivity index (χ1n) is 8.49. The van der Waals surface area contributed by atoms with E-state index in [9.17, 15) is 14.7 Å². The van der Waals surface area contributed by atoms with Gasteiger partial charge in [0.2, 0.25) is 5.91 Å². The SMILES string of the molecule is CCc1csc(C2CCCN(C(=O)CC3(C(=O)O)CCC3)C2)n1. The Balaban J connectivity index is 1.63. The van der Waals surface area contributed by atoms with E-state index in [-0.39, 0.29) is 12.3 Å². The maximum Gasteiger partial charge on any atom is 0.310 e. The van der Waals surface area contributed by atoms with Gasteiger partial charge in [0, 0.05) is 30.8 Å². The molecule has 126 valence electrons. The molecule has 0 spiro atoms. The van der Waals surface area contributed by atoms with E-state index in [1.54, 1.807) is 11.3 Å². The van der Waals surface area contributed by atoms with Gasteiger partial charge in [-0.2, -0.15) is 0 Å². The quantitative estimate of drug-likeness (QED) is 0.897. The fourth-order valence-corrected chi connectivity index (χ4v) is 4.58. The van der Waals surface area contributed by atoms with Crippen molar-refractivity contribution < 1.29 is 14.7 Å². The summed E-state index contributed by atoms with van der Waals surface area (Å²) in [6, 6.07) is 0. The van der Waals surface area contributed by atoms with Crippen LogP contribution in [0, 0.1) is 5.41 Å². The first-order chi connectivity index (χ1) is 11.0. The third kappa shape index (κ3) is 3.27. The van der Waals surface area contributed by atoms with Crippen molar-refractivity contribution in [3.8, 4) is 0 Å². The molecule has 1 amide bonds. The molecule has 5 nitrogen and oxygen atoms in total.